The van der Waals surface area contributed by atoms with Crippen LogP contribution in [0.2, 0.25) is 0 Å². The number of rotatable bonds is 1. The molecule has 0 aromatic heterocycles. The van der Waals surface area contributed by atoms with Crippen molar-refractivity contribution in [3.05, 3.63) is 18.2 Å². The number of amides is 2. The summed E-state index contributed by atoms with van der Waals surface area (Å²) >= 11 is 0. The SMILES string of the molecule is NC(=O)Nc1ccc(N)cc1N. The highest BCUT2D eigenvalue weighted by molar-refractivity contribution is 5.91. The summed E-state index contributed by atoms with van der Waals surface area (Å²) in [5, 5.41) is 2.36. The fourth-order valence-electron chi connectivity index (χ4n) is 0.828. The molecule has 0 saturated heterocycles. The molecule has 12 heavy (non-hydrogen) atoms. The van der Waals surface area contributed by atoms with Crippen molar-refractivity contribution >= 4 is 23.1 Å². The predicted octanol–water partition coefficient (Wildman–Crippen LogP) is 0.342. The fraction of sp³-hybridized carbons (Fsp3) is 0. The van der Waals surface area contributed by atoms with E-state index in [0.29, 0.717) is 17.1 Å². The van der Waals surface area contributed by atoms with E-state index >= 15 is 0 Å². The second kappa shape index (κ2) is 3.00. The summed E-state index contributed by atoms with van der Waals surface area (Å²) in [5.74, 6) is 0. The van der Waals surface area contributed by atoms with Crippen molar-refractivity contribution in [3.8, 4) is 0 Å². The molecule has 0 aliphatic rings. The molecule has 0 aliphatic heterocycles. The average molecular weight is 166 g/mol. The zero-order valence-corrected chi connectivity index (χ0v) is 6.37. The number of carbonyl (C=O) groups excluding carboxylic acids is 1. The van der Waals surface area contributed by atoms with Gasteiger partial charge >= 0.3 is 6.03 Å². The smallest absolute Gasteiger partial charge is 0.316 e. The molecular formula is C7H10N4O. The van der Waals surface area contributed by atoms with Crippen molar-refractivity contribution in [3.63, 3.8) is 0 Å². The van der Waals surface area contributed by atoms with Crippen LogP contribution in [0, 0.1) is 0 Å². The maximum Gasteiger partial charge on any atom is 0.316 e. The Balaban J connectivity index is 2.93. The first-order chi connectivity index (χ1) is 5.59. The van der Waals surface area contributed by atoms with Crippen molar-refractivity contribution in [1.82, 2.24) is 0 Å². The first kappa shape index (κ1) is 8.19. The molecule has 0 atom stereocenters. The van der Waals surface area contributed by atoms with E-state index in [1.54, 1.807) is 18.2 Å². The van der Waals surface area contributed by atoms with Crippen LogP contribution in [0.15, 0.2) is 18.2 Å². The number of urea groups is 1. The number of primary amides is 1. The van der Waals surface area contributed by atoms with Crippen molar-refractivity contribution in [2.75, 3.05) is 16.8 Å². The van der Waals surface area contributed by atoms with E-state index in [1.807, 2.05) is 0 Å². The van der Waals surface area contributed by atoms with Gasteiger partial charge in [-0.15, -0.1) is 0 Å². The van der Waals surface area contributed by atoms with Crippen LogP contribution >= 0.6 is 0 Å². The number of anilines is 3. The van der Waals surface area contributed by atoms with E-state index in [9.17, 15) is 4.79 Å². The van der Waals surface area contributed by atoms with Gasteiger partial charge in [0.1, 0.15) is 0 Å². The predicted molar refractivity (Wildman–Crippen MR) is 48.5 cm³/mol. The molecule has 1 aromatic rings. The van der Waals surface area contributed by atoms with Crippen molar-refractivity contribution < 1.29 is 4.79 Å². The van der Waals surface area contributed by atoms with Crippen LogP contribution in [-0.4, -0.2) is 6.03 Å². The van der Waals surface area contributed by atoms with Gasteiger partial charge in [0.25, 0.3) is 0 Å². The molecule has 0 bridgehead atoms. The lowest BCUT2D eigenvalue weighted by Crippen LogP contribution is -2.20. The molecule has 64 valence electrons. The molecule has 0 fully saturated rings. The van der Waals surface area contributed by atoms with E-state index in [4.69, 9.17) is 17.2 Å². The summed E-state index contributed by atoms with van der Waals surface area (Å²) in [6, 6.07) is 4.12. The number of nitrogens with one attached hydrogen (secondary N) is 1. The van der Waals surface area contributed by atoms with Crippen LogP contribution in [0.3, 0.4) is 0 Å². The Morgan fingerprint density at radius 2 is 2.00 bits per heavy atom. The summed E-state index contributed by atoms with van der Waals surface area (Å²) in [4.78, 5) is 10.4. The van der Waals surface area contributed by atoms with E-state index in [0.717, 1.165) is 0 Å². The van der Waals surface area contributed by atoms with Crippen molar-refractivity contribution in [2.45, 2.75) is 0 Å². The Labute approximate surface area is 69.5 Å². The van der Waals surface area contributed by atoms with Gasteiger partial charge in [-0.1, -0.05) is 0 Å². The highest BCUT2D eigenvalue weighted by Crippen LogP contribution is 2.20. The second-order valence-corrected chi connectivity index (χ2v) is 2.34. The van der Waals surface area contributed by atoms with Gasteiger partial charge in [0.05, 0.1) is 11.4 Å². The maximum atomic E-state index is 10.4. The lowest BCUT2D eigenvalue weighted by atomic mass is 10.2. The largest absolute Gasteiger partial charge is 0.399 e. The zero-order valence-electron chi connectivity index (χ0n) is 6.37. The number of nitrogen functional groups attached to an aromatic ring is 2. The minimum absolute atomic E-state index is 0.397. The molecule has 5 nitrogen and oxygen atoms in total. The highest BCUT2D eigenvalue weighted by atomic mass is 16.2. The van der Waals surface area contributed by atoms with Gasteiger partial charge in [-0.05, 0) is 18.2 Å². The van der Waals surface area contributed by atoms with Crippen LogP contribution in [0.25, 0.3) is 0 Å². The third-order valence-corrected chi connectivity index (χ3v) is 1.33. The molecule has 5 heteroatoms. The maximum absolute atomic E-state index is 10.4. The van der Waals surface area contributed by atoms with E-state index < -0.39 is 6.03 Å². The van der Waals surface area contributed by atoms with E-state index in [1.165, 1.54) is 0 Å². The molecule has 2 amide bonds. The number of hydrogen-bond acceptors (Lipinski definition) is 3. The minimum atomic E-state index is -0.647. The average Bonchev–Trinajstić information content (AvgIpc) is 1.94. The summed E-state index contributed by atoms with van der Waals surface area (Å²) in [6.45, 7) is 0. The minimum Gasteiger partial charge on any atom is -0.399 e. The molecule has 0 heterocycles. The lowest BCUT2D eigenvalue weighted by molar-refractivity contribution is 0.259. The van der Waals surface area contributed by atoms with Gasteiger partial charge in [-0.25, -0.2) is 4.79 Å². The summed E-state index contributed by atoms with van der Waals surface area (Å²) in [5.41, 5.74) is 17.3. The third kappa shape index (κ3) is 1.79. The van der Waals surface area contributed by atoms with Crippen molar-refractivity contribution in [2.24, 2.45) is 5.73 Å². The van der Waals surface area contributed by atoms with Gasteiger partial charge in [-0.2, -0.15) is 0 Å². The zero-order chi connectivity index (χ0) is 9.14. The van der Waals surface area contributed by atoms with Gasteiger partial charge in [0.2, 0.25) is 0 Å². The van der Waals surface area contributed by atoms with E-state index in [2.05, 4.69) is 5.32 Å². The quantitative estimate of drug-likeness (QED) is 0.452. The monoisotopic (exact) mass is 166 g/mol. The second-order valence-electron chi connectivity index (χ2n) is 2.34. The first-order valence-corrected chi connectivity index (χ1v) is 3.31. The molecule has 7 N–H and O–H groups in total. The van der Waals surface area contributed by atoms with Gasteiger partial charge in [0.15, 0.2) is 0 Å². The Bertz CT molecular complexity index is 310. The third-order valence-electron chi connectivity index (χ3n) is 1.33. The summed E-state index contributed by atoms with van der Waals surface area (Å²) in [7, 11) is 0. The molecule has 1 aromatic carbocycles. The Kier molecular flexibility index (Phi) is 2.05. The number of hydrogen-bond donors (Lipinski definition) is 4. The topological polar surface area (TPSA) is 107 Å². The van der Waals surface area contributed by atoms with Crippen LogP contribution < -0.4 is 22.5 Å². The van der Waals surface area contributed by atoms with E-state index in [-0.39, 0.29) is 0 Å². The molecule has 0 radical (unpaired) electrons. The normalized spacial score (nSPS) is 9.33. The standard InChI is InChI=1S/C7H10N4O/c8-4-1-2-6(5(9)3-4)11-7(10)12/h1-3H,8-9H2,(H3,10,11,12). The number of benzene rings is 1. The summed E-state index contributed by atoms with van der Waals surface area (Å²) < 4.78 is 0. The molecular weight excluding hydrogens is 156 g/mol. The molecule has 0 saturated carbocycles. The van der Waals surface area contributed by atoms with Crippen LogP contribution in [0.4, 0.5) is 21.9 Å². The van der Waals surface area contributed by atoms with Crippen molar-refractivity contribution in [1.29, 1.82) is 0 Å². The van der Waals surface area contributed by atoms with Gasteiger partial charge in [0, 0.05) is 5.69 Å². The Morgan fingerprint density at radius 1 is 1.33 bits per heavy atom. The first-order valence-electron chi connectivity index (χ1n) is 3.31. The van der Waals surface area contributed by atoms with Crippen LogP contribution in [0.1, 0.15) is 0 Å². The Hall–Kier alpha value is -1.91. The number of carbonyl (C=O) groups is 1. The van der Waals surface area contributed by atoms with Gasteiger partial charge in [-0.3, -0.25) is 0 Å². The molecule has 0 unspecified atom stereocenters. The lowest BCUT2D eigenvalue weighted by Gasteiger charge is -2.05. The molecule has 0 aliphatic carbocycles. The summed E-state index contributed by atoms with van der Waals surface area (Å²) in [6.07, 6.45) is 0. The highest BCUT2D eigenvalue weighted by Gasteiger charge is 2.00. The fourth-order valence-corrected chi connectivity index (χ4v) is 0.828. The molecule has 0 spiro atoms. The molecule has 1 rings (SSSR count). The van der Waals surface area contributed by atoms with Gasteiger partial charge < -0.3 is 22.5 Å². The number of nitrogens with two attached hydrogens (primary N) is 3. The van der Waals surface area contributed by atoms with Crippen LogP contribution in [0.5, 0.6) is 0 Å². The van der Waals surface area contributed by atoms with Crippen LogP contribution in [-0.2, 0) is 0 Å². The Morgan fingerprint density at radius 3 is 2.50 bits per heavy atom.